The Labute approximate surface area is 117 Å². The predicted octanol–water partition coefficient (Wildman–Crippen LogP) is 2.11. The molecular formula is C10H9ClF3NO4S. The van der Waals surface area contributed by atoms with Crippen LogP contribution in [0.2, 0.25) is 5.02 Å². The number of hydrogen-bond acceptors (Lipinski definition) is 3. The summed E-state index contributed by atoms with van der Waals surface area (Å²) in [4.78, 5) is 9.58. The van der Waals surface area contributed by atoms with Crippen LogP contribution in [0.5, 0.6) is 0 Å². The molecule has 20 heavy (non-hydrogen) atoms. The quantitative estimate of drug-likeness (QED) is 0.865. The van der Waals surface area contributed by atoms with Crippen molar-refractivity contribution in [3.8, 4) is 0 Å². The van der Waals surface area contributed by atoms with E-state index in [1.165, 1.54) is 0 Å². The van der Waals surface area contributed by atoms with E-state index in [1.807, 2.05) is 4.72 Å². The molecule has 2 N–H and O–H groups in total. The van der Waals surface area contributed by atoms with Crippen LogP contribution in [0.25, 0.3) is 0 Å². The van der Waals surface area contributed by atoms with Crippen molar-refractivity contribution in [3.05, 3.63) is 28.8 Å². The third-order valence-electron chi connectivity index (χ3n) is 2.14. The molecule has 5 nitrogen and oxygen atoms in total. The van der Waals surface area contributed by atoms with Crippen molar-refractivity contribution >= 4 is 27.6 Å². The molecule has 112 valence electrons. The zero-order valence-electron chi connectivity index (χ0n) is 9.74. The molecule has 0 bridgehead atoms. The number of halogens is 4. The normalized spacial score (nSPS) is 12.4. The molecule has 0 saturated heterocycles. The first kappa shape index (κ1) is 16.7. The van der Waals surface area contributed by atoms with Gasteiger partial charge in [-0.15, -0.1) is 0 Å². The molecule has 0 aromatic heterocycles. The molecule has 1 aromatic rings. The smallest absolute Gasteiger partial charge is 0.416 e. The lowest BCUT2D eigenvalue weighted by Crippen LogP contribution is -2.26. The molecule has 0 unspecified atom stereocenters. The molecule has 1 rings (SSSR count). The molecule has 0 saturated carbocycles. The van der Waals surface area contributed by atoms with Gasteiger partial charge < -0.3 is 5.11 Å². The topological polar surface area (TPSA) is 83.5 Å². The Hall–Kier alpha value is -1.32. The van der Waals surface area contributed by atoms with Gasteiger partial charge in [-0.3, -0.25) is 4.79 Å². The Balaban J connectivity index is 3.06. The zero-order chi connectivity index (χ0) is 15.6. The van der Waals surface area contributed by atoms with Crippen LogP contribution in [0.15, 0.2) is 23.1 Å². The van der Waals surface area contributed by atoms with Gasteiger partial charge in [-0.25, -0.2) is 13.1 Å². The van der Waals surface area contributed by atoms with E-state index in [0.717, 1.165) is 6.07 Å². The lowest BCUT2D eigenvalue weighted by atomic mass is 10.2. The highest BCUT2D eigenvalue weighted by atomic mass is 35.5. The number of hydrogen-bond donors (Lipinski definition) is 2. The Morgan fingerprint density at radius 3 is 2.40 bits per heavy atom. The highest BCUT2D eigenvalue weighted by molar-refractivity contribution is 7.89. The summed E-state index contributed by atoms with van der Waals surface area (Å²) in [5, 5.41) is 7.98. The van der Waals surface area contributed by atoms with E-state index >= 15 is 0 Å². The fraction of sp³-hybridized carbons (Fsp3) is 0.300. The highest BCUT2D eigenvalue weighted by Crippen LogP contribution is 2.32. The van der Waals surface area contributed by atoms with Crippen molar-refractivity contribution in [1.29, 1.82) is 0 Å². The first-order valence-electron chi connectivity index (χ1n) is 5.11. The summed E-state index contributed by atoms with van der Waals surface area (Å²) in [6.45, 7) is -0.439. The van der Waals surface area contributed by atoms with E-state index in [2.05, 4.69) is 0 Å². The van der Waals surface area contributed by atoms with E-state index in [9.17, 15) is 26.4 Å². The first-order chi connectivity index (χ1) is 9.02. The van der Waals surface area contributed by atoms with Gasteiger partial charge in [0, 0.05) is 11.6 Å². The average molecular weight is 332 g/mol. The minimum absolute atomic E-state index is 0.390. The monoisotopic (exact) mass is 331 g/mol. The fourth-order valence-electron chi connectivity index (χ4n) is 1.26. The summed E-state index contributed by atoms with van der Waals surface area (Å²) in [5.74, 6) is -1.24. The summed E-state index contributed by atoms with van der Waals surface area (Å²) in [6, 6.07) is 1.87. The Kier molecular flexibility index (Phi) is 5.00. The van der Waals surface area contributed by atoms with Crippen LogP contribution >= 0.6 is 11.6 Å². The molecule has 0 fully saturated rings. The van der Waals surface area contributed by atoms with E-state index in [-0.39, 0.29) is 0 Å². The number of alkyl halides is 3. The van der Waals surface area contributed by atoms with Gasteiger partial charge in [-0.1, -0.05) is 11.6 Å². The molecule has 0 atom stereocenters. The van der Waals surface area contributed by atoms with Crippen LogP contribution in [-0.4, -0.2) is 26.0 Å². The van der Waals surface area contributed by atoms with Gasteiger partial charge in [0.1, 0.15) is 0 Å². The van der Waals surface area contributed by atoms with Gasteiger partial charge in [0.15, 0.2) is 0 Å². The maximum atomic E-state index is 12.5. The lowest BCUT2D eigenvalue weighted by molar-refractivity contribution is -0.138. The molecule has 0 heterocycles. The molecule has 0 aliphatic carbocycles. The van der Waals surface area contributed by atoms with Crippen LogP contribution in [-0.2, 0) is 21.0 Å². The average Bonchev–Trinajstić information content (AvgIpc) is 2.26. The molecule has 10 heteroatoms. The van der Waals surface area contributed by atoms with E-state index in [1.54, 1.807) is 0 Å². The van der Waals surface area contributed by atoms with Crippen LogP contribution in [0, 0.1) is 0 Å². The van der Waals surface area contributed by atoms with Crippen molar-refractivity contribution < 1.29 is 31.5 Å². The number of rotatable bonds is 5. The molecule has 1 aromatic carbocycles. The van der Waals surface area contributed by atoms with Crippen molar-refractivity contribution in [3.63, 3.8) is 0 Å². The van der Waals surface area contributed by atoms with E-state index < -0.39 is 50.6 Å². The van der Waals surface area contributed by atoms with E-state index in [4.69, 9.17) is 16.7 Å². The largest absolute Gasteiger partial charge is 0.481 e. The van der Waals surface area contributed by atoms with Gasteiger partial charge in [0.05, 0.1) is 16.9 Å². The fourth-order valence-corrected chi connectivity index (χ4v) is 2.66. The molecular weight excluding hydrogens is 323 g/mol. The van der Waals surface area contributed by atoms with Crippen molar-refractivity contribution in [2.75, 3.05) is 6.54 Å². The lowest BCUT2D eigenvalue weighted by Gasteiger charge is -2.11. The second kappa shape index (κ2) is 5.98. The SMILES string of the molecule is O=C(O)CCNS(=O)(=O)c1cc(Cl)cc(C(F)(F)F)c1. The third-order valence-corrected chi connectivity index (χ3v) is 3.80. The van der Waals surface area contributed by atoms with Crippen LogP contribution in [0.4, 0.5) is 13.2 Å². The van der Waals surface area contributed by atoms with Gasteiger partial charge in [-0.05, 0) is 18.2 Å². The number of sulfonamides is 1. The van der Waals surface area contributed by atoms with Gasteiger partial charge in [0.2, 0.25) is 10.0 Å². The summed E-state index contributed by atoms with van der Waals surface area (Å²) >= 11 is 5.46. The van der Waals surface area contributed by atoms with Crippen molar-refractivity contribution in [2.45, 2.75) is 17.5 Å². The van der Waals surface area contributed by atoms with Crippen molar-refractivity contribution in [2.24, 2.45) is 0 Å². The Bertz CT molecular complexity index is 615. The van der Waals surface area contributed by atoms with Crippen molar-refractivity contribution in [1.82, 2.24) is 4.72 Å². The maximum Gasteiger partial charge on any atom is 0.416 e. The second-order valence-corrected chi connectivity index (χ2v) is 5.92. The summed E-state index contributed by atoms with van der Waals surface area (Å²) in [7, 11) is -4.26. The molecule has 0 amide bonds. The zero-order valence-corrected chi connectivity index (χ0v) is 11.3. The maximum absolute atomic E-state index is 12.5. The number of aliphatic carboxylic acids is 1. The summed E-state index contributed by atoms with van der Waals surface area (Å²) < 4.78 is 62.9. The van der Waals surface area contributed by atoms with Crippen LogP contribution in [0.3, 0.4) is 0 Å². The van der Waals surface area contributed by atoms with Gasteiger partial charge >= 0.3 is 12.1 Å². The highest BCUT2D eigenvalue weighted by Gasteiger charge is 2.32. The second-order valence-electron chi connectivity index (χ2n) is 3.71. The summed E-state index contributed by atoms with van der Waals surface area (Å²) in [6.07, 6.45) is -5.23. The number of benzene rings is 1. The standard InChI is InChI=1S/C10H9ClF3NO4S/c11-7-3-6(10(12,13)14)4-8(5-7)20(18,19)15-2-1-9(16)17/h3-5,15H,1-2H2,(H,16,17). The predicted molar refractivity (Wildman–Crippen MR) is 63.9 cm³/mol. The first-order valence-corrected chi connectivity index (χ1v) is 6.98. The molecule has 0 aliphatic rings. The Morgan fingerprint density at radius 1 is 1.30 bits per heavy atom. The Morgan fingerprint density at radius 2 is 1.90 bits per heavy atom. The minimum atomic E-state index is -4.74. The number of nitrogens with one attached hydrogen (secondary N) is 1. The van der Waals surface area contributed by atoms with Gasteiger partial charge in [-0.2, -0.15) is 13.2 Å². The molecule has 0 radical (unpaired) electrons. The number of carboxylic acid groups (broad SMARTS) is 1. The summed E-state index contributed by atoms with van der Waals surface area (Å²) in [5.41, 5.74) is -1.20. The number of carbonyl (C=O) groups is 1. The van der Waals surface area contributed by atoms with Crippen LogP contribution in [0.1, 0.15) is 12.0 Å². The minimum Gasteiger partial charge on any atom is -0.481 e. The van der Waals surface area contributed by atoms with Gasteiger partial charge in [0.25, 0.3) is 0 Å². The number of carboxylic acids is 1. The van der Waals surface area contributed by atoms with E-state index in [0.29, 0.717) is 12.1 Å². The third kappa shape index (κ3) is 4.66. The molecule has 0 spiro atoms. The van der Waals surface area contributed by atoms with Crippen LogP contribution < -0.4 is 4.72 Å². The molecule has 0 aliphatic heterocycles.